The Morgan fingerprint density at radius 2 is 1.94 bits per heavy atom. The minimum Gasteiger partial charge on any atom is -0.385 e. The molecule has 33 heavy (non-hydrogen) atoms. The summed E-state index contributed by atoms with van der Waals surface area (Å²) in [5.74, 6) is -0.938. The van der Waals surface area contributed by atoms with Crippen molar-refractivity contribution < 1.29 is 13.9 Å². The van der Waals surface area contributed by atoms with E-state index in [1.807, 2.05) is 24.4 Å². The number of rotatable bonds is 9. The van der Waals surface area contributed by atoms with E-state index in [1.165, 1.54) is 23.4 Å². The second-order valence-corrected chi connectivity index (χ2v) is 8.81. The zero-order chi connectivity index (χ0) is 23.6. The van der Waals surface area contributed by atoms with Gasteiger partial charge in [-0.05, 0) is 43.5 Å². The van der Waals surface area contributed by atoms with E-state index >= 15 is 0 Å². The van der Waals surface area contributed by atoms with Gasteiger partial charge in [-0.25, -0.2) is 18.4 Å². The van der Waals surface area contributed by atoms with Crippen molar-refractivity contribution in [2.75, 3.05) is 11.9 Å². The molecule has 2 aromatic carbocycles. The lowest BCUT2D eigenvalue weighted by Gasteiger charge is -2.34. The van der Waals surface area contributed by atoms with Crippen LogP contribution in [0.25, 0.3) is 10.9 Å². The van der Waals surface area contributed by atoms with Gasteiger partial charge in [0.15, 0.2) is 0 Å². The maximum Gasteiger partial charge on any atom is 0.137 e. The number of aromatic nitrogens is 5. The van der Waals surface area contributed by atoms with Crippen molar-refractivity contribution in [2.24, 2.45) is 5.92 Å². The van der Waals surface area contributed by atoms with Gasteiger partial charge in [0, 0.05) is 35.4 Å². The highest BCUT2D eigenvalue weighted by Gasteiger charge is 2.40. The van der Waals surface area contributed by atoms with Crippen LogP contribution >= 0.6 is 0 Å². The van der Waals surface area contributed by atoms with Crippen LogP contribution in [0.1, 0.15) is 38.8 Å². The number of anilines is 1. The number of hydrogen-bond acceptors (Lipinski definition) is 5. The van der Waals surface area contributed by atoms with Gasteiger partial charge >= 0.3 is 0 Å². The average molecular weight is 455 g/mol. The summed E-state index contributed by atoms with van der Waals surface area (Å²) in [5.41, 5.74) is -0.0782. The van der Waals surface area contributed by atoms with Crippen LogP contribution in [-0.4, -0.2) is 36.2 Å². The maximum atomic E-state index is 14.8. The number of benzene rings is 2. The summed E-state index contributed by atoms with van der Waals surface area (Å²) in [6.07, 6.45) is 5.66. The van der Waals surface area contributed by atoms with Crippen LogP contribution < -0.4 is 5.32 Å². The minimum absolute atomic E-state index is 0.0394. The highest BCUT2D eigenvalue weighted by Crippen LogP contribution is 2.37. The van der Waals surface area contributed by atoms with Gasteiger partial charge in [-0.15, -0.1) is 0 Å². The quantitative estimate of drug-likeness (QED) is 0.389. The molecule has 0 amide bonds. The summed E-state index contributed by atoms with van der Waals surface area (Å²) < 4.78 is 31.4. The van der Waals surface area contributed by atoms with E-state index in [0.29, 0.717) is 5.92 Å². The Labute approximate surface area is 191 Å². The third-order valence-corrected chi connectivity index (χ3v) is 5.93. The number of halogens is 2. The Morgan fingerprint density at radius 3 is 2.64 bits per heavy atom. The maximum absolute atomic E-state index is 14.8. The number of nitrogens with zero attached hydrogens (tertiary/aromatic N) is 5. The molecule has 0 saturated carbocycles. The van der Waals surface area contributed by atoms with Crippen LogP contribution in [0.15, 0.2) is 55.2 Å². The molecule has 0 bridgehead atoms. The molecule has 0 spiro atoms. The lowest BCUT2D eigenvalue weighted by Crippen LogP contribution is -2.40. The molecule has 0 aliphatic heterocycles. The molecule has 9 heteroatoms. The van der Waals surface area contributed by atoms with Crippen LogP contribution in [-0.2, 0) is 12.1 Å². The molecule has 2 N–H and O–H groups in total. The van der Waals surface area contributed by atoms with Crippen LogP contribution in [0.5, 0.6) is 0 Å². The van der Waals surface area contributed by atoms with Crippen molar-refractivity contribution in [3.63, 3.8) is 0 Å². The first-order valence-corrected chi connectivity index (χ1v) is 11.0. The largest absolute Gasteiger partial charge is 0.385 e. The van der Waals surface area contributed by atoms with Crippen molar-refractivity contribution in [1.82, 2.24) is 24.5 Å². The fourth-order valence-electron chi connectivity index (χ4n) is 3.92. The zero-order valence-corrected chi connectivity index (χ0v) is 18.9. The zero-order valence-electron chi connectivity index (χ0n) is 18.9. The molecule has 4 rings (SSSR count). The van der Waals surface area contributed by atoms with Gasteiger partial charge in [0.2, 0.25) is 0 Å². The number of fused-ring (bicyclic) bond motifs is 1. The summed E-state index contributed by atoms with van der Waals surface area (Å²) in [6.45, 7) is 6.89. The summed E-state index contributed by atoms with van der Waals surface area (Å²) in [4.78, 5) is 3.91. The molecule has 2 heterocycles. The smallest absolute Gasteiger partial charge is 0.137 e. The molecule has 0 aliphatic rings. The minimum atomic E-state index is -1.77. The van der Waals surface area contributed by atoms with Crippen molar-refractivity contribution >= 4 is 16.6 Å². The second-order valence-electron chi connectivity index (χ2n) is 8.81. The van der Waals surface area contributed by atoms with Gasteiger partial charge in [-0.3, -0.25) is 4.68 Å². The lowest BCUT2D eigenvalue weighted by molar-refractivity contribution is -0.0366. The predicted molar refractivity (Wildman–Crippen MR) is 123 cm³/mol. The fourth-order valence-corrected chi connectivity index (χ4v) is 3.92. The van der Waals surface area contributed by atoms with E-state index < -0.39 is 23.3 Å². The molecule has 0 unspecified atom stereocenters. The monoisotopic (exact) mass is 454 g/mol. The second kappa shape index (κ2) is 9.27. The van der Waals surface area contributed by atoms with E-state index in [1.54, 1.807) is 11.6 Å². The van der Waals surface area contributed by atoms with Crippen LogP contribution in [0.4, 0.5) is 14.5 Å². The Kier molecular flexibility index (Phi) is 6.42. The third-order valence-electron chi connectivity index (χ3n) is 5.93. The molecule has 4 aromatic rings. The normalized spacial score (nSPS) is 14.5. The molecule has 7 nitrogen and oxygen atoms in total. The summed E-state index contributed by atoms with van der Waals surface area (Å²) >= 11 is 0. The number of nitrogens with one attached hydrogen (secondary N) is 1. The van der Waals surface area contributed by atoms with Crippen LogP contribution in [0.3, 0.4) is 0 Å². The van der Waals surface area contributed by atoms with Crippen molar-refractivity contribution in [1.29, 1.82) is 0 Å². The van der Waals surface area contributed by atoms with Gasteiger partial charge in [0.1, 0.15) is 29.9 Å². The highest BCUT2D eigenvalue weighted by atomic mass is 19.1. The fraction of sp³-hybridized carbons (Fsp3) is 0.375. The summed E-state index contributed by atoms with van der Waals surface area (Å²) in [6, 6.07) is 8.33. The highest BCUT2D eigenvalue weighted by molar-refractivity contribution is 5.82. The molecule has 2 aromatic heterocycles. The molecule has 2 atom stereocenters. The van der Waals surface area contributed by atoms with Crippen molar-refractivity contribution in [3.8, 4) is 0 Å². The molecule has 174 valence electrons. The molecule has 0 aliphatic carbocycles. The topological polar surface area (TPSA) is 80.8 Å². The van der Waals surface area contributed by atoms with Crippen molar-refractivity contribution in [3.05, 3.63) is 72.4 Å². The molecular weight excluding hydrogens is 426 g/mol. The van der Waals surface area contributed by atoms with Crippen LogP contribution in [0, 0.1) is 17.6 Å². The molecule has 0 fully saturated rings. The Bertz CT molecular complexity index is 1220. The Morgan fingerprint density at radius 1 is 1.12 bits per heavy atom. The lowest BCUT2D eigenvalue weighted by atomic mass is 9.86. The van der Waals surface area contributed by atoms with E-state index in [-0.39, 0.29) is 12.1 Å². The van der Waals surface area contributed by atoms with Gasteiger partial charge in [-0.1, -0.05) is 19.9 Å². The van der Waals surface area contributed by atoms with Crippen molar-refractivity contribution in [2.45, 2.75) is 45.4 Å². The third kappa shape index (κ3) is 4.88. The van der Waals surface area contributed by atoms with Gasteiger partial charge in [0.25, 0.3) is 0 Å². The Balaban J connectivity index is 1.68. The Hall–Kier alpha value is -3.33. The summed E-state index contributed by atoms with van der Waals surface area (Å²) in [5, 5.41) is 24.7. The molecule has 0 saturated heterocycles. The van der Waals surface area contributed by atoms with Crippen LogP contribution in [0.2, 0.25) is 0 Å². The summed E-state index contributed by atoms with van der Waals surface area (Å²) in [7, 11) is 0. The number of hydrogen-bond donors (Lipinski definition) is 2. The van der Waals surface area contributed by atoms with E-state index in [0.717, 1.165) is 41.7 Å². The SMILES string of the molecule is CC(C)CCNc1ccc2nn([C@H](C)[C@](O)(Cn3cncn3)c3ccc(F)cc3F)cc2c1. The van der Waals surface area contributed by atoms with E-state index in [9.17, 15) is 13.9 Å². The standard InChI is InChI=1S/C24H28F2N6O/c1-16(2)8-9-28-20-5-7-23-18(10-20)12-32(30-23)17(3)24(33,13-31-15-27-14-29-31)21-6-4-19(25)11-22(21)26/h4-7,10-12,14-17,28,33H,8-9,13H2,1-3H3/t17-,24-/m1/s1. The van der Waals surface area contributed by atoms with E-state index in [4.69, 9.17) is 0 Å². The molecular formula is C24H28F2N6O. The molecule has 0 radical (unpaired) electrons. The first-order valence-electron chi connectivity index (χ1n) is 11.0. The first-order chi connectivity index (χ1) is 15.8. The average Bonchev–Trinajstić information content (AvgIpc) is 3.42. The van der Waals surface area contributed by atoms with Gasteiger partial charge in [-0.2, -0.15) is 10.2 Å². The number of aliphatic hydroxyl groups is 1. The van der Waals surface area contributed by atoms with E-state index in [2.05, 4.69) is 34.3 Å². The predicted octanol–water partition coefficient (Wildman–Crippen LogP) is 4.51. The first kappa shape index (κ1) is 22.8. The van der Waals surface area contributed by atoms with Gasteiger partial charge < -0.3 is 10.4 Å². The van der Waals surface area contributed by atoms with Gasteiger partial charge in [0.05, 0.1) is 18.1 Å².